The van der Waals surface area contributed by atoms with Crippen molar-refractivity contribution in [2.45, 2.75) is 26.6 Å². The first kappa shape index (κ1) is 15.4. The van der Waals surface area contributed by atoms with E-state index in [1.807, 2.05) is 43.3 Å². The van der Waals surface area contributed by atoms with Crippen molar-refractivity contribution < 1.29 is 9.84 Å². The van der Waals surface area contributed by atoms with Gasteiger partial charge in [-0.05, 0) is 37.6 Å². The smallest absolute Gasteiger partial charge is 0.126 e. The van der Waals surface area contributed by atoms with Gasteiger partial charge in [-0.25, -0.2) is 0 Å². The van der Waals surface area contributed by atoms with Gasteiger partial charge in [0, 0.05) is 20.6 Å². The van der Waals surface area contributed by atoms with Crippen LogP contribution in [0.2, 0.25) is 5.02 Å². The minimum absolute atomic E-state index is 0.370. The second-order valence-electron chi connectivity index (χ2n) is 4.74. The van der Waals surface area contributed by atoms with Crippen molar-refractivity contribution in [2.75, 3.05) is 0 Å². The maximum absolute atomic E-state index is 9.76. The van der Waals surface area contributed by atoms with E-state index in [4.69, 9.17) is 16.3 Å². The van der Waals surface area contributed by atoms with Crippen LogP contribution in [0.1, 0.15) is 29.7 Å². The molecule has 2 rings (SSSR count). The molecule has 106 valence electrons. The van der Waals surface area contributed by atoms with Crippen LogP contribution in [0.25, 0.3) is 0 Å². The van der Waals surface area contributed by atoms with Gasteiger partial charge < -0.3 is 9.84 Å². The van der Waals surface area contributed by atoms with E-state index in [2.05, 4.69) is 15.9 Å². The van der Waals surface area contributed by atoms with Crippen molar-refractivity contribution in [3.8, 4) is 5.75 Å². The molecule has 0 fully saturated rings. The lowest BCUT2D eigenvalue weighted by Gasteiger charge is -2.14. The van der Waals surface area contributed by atoms with E-state index in [9.17, 15) is 5.11 Å². The molecule has 0 heterocycles. The quantitative estimate of drug-likeness (QED) is 0.832. The van der Waals surface area contributed by atoms with Gasteiger partial charge in [-0.15, -0.1) is 0 Å². The van der Waals surface area contributed by atoms with E-state index >= 15 is 0 Å². The van der Waals surface area contributed by atoms with Crippen molar-refractivity contribution in [2.24, 2.45) is 0 Å². The standard InChI is InChI=1S/C16H16BrClO2/c1-10-3-4-12(15(18)7-10)9-20-16-8-13(17)5-6-14(16)11(2)19/h3-8,11,19H,9H2,1-2H3/t11-/m1/s1. The summed E-state index contributed by atoms with van der Waals surface area (Å²) in [5, 5.41) is 10.5. The normalized spacial score (nSPS) is 12.2. The highest BCUT2D eigenvalue weighted by Gasteiger charge is 2.10. The van der Waals surface area contributed by atoms with Crippen molar-refractivity contribution in [1.82, 2.24) is 0 Å². The highest BCUT2D eigenvalue weighted by atomic mass is 79.9. The zero-order valence-corrected chi connectivity index (χ0v) is 13.7. The molecule has 0 aliphatic heterocycles. The minimum Gasteiger partial charge on any atom is -0.488 e. The summed E-state index contributed by atoms with van der Waals surface area (Å²) < 4.78 is 6.72. The molecule has 0 spiro atoms. The lowest BCUT2D eigenvalue weighted by Crippen LogP contribution is -2.01. The number of hydrogen-bond acceptors (Lipinski definition) is 2. The van der Waals surface area contributed by atoms with Gasteiger partial charge in [0.2, 0.25) is 0 Å². The summed E-state index contributed by atoms with van der Waals surface area (Å²) in [5.74, 6) is 0.658. The van der Waals surface area contributed by atoms with Crippen LogP contribution < -0.4 is 4.74 Å². The van der Waals surface area contributed by atoms with E-state index in [-0.39, 0.29) is 0 Å². The van der Waals surface area contributed by atoms with Crippen LogP contribution >= 0.6 is 27.5 Å². The van der Waals surface area contributed by atoms with Gasteiger partial charge in [-0.2, -0.15) is 0 Å². The number of hydrogen-bond donors (Lipinski definition) is 1. The zero-order valence-electron chi connectivity index (χ0n) is 11.4. The first-order valence-electron chi connectivity index (χ1n) is 6.32. The Balaban J connectivity index is 2.20. The van der Waals surface area contributed by atoms with Crippen LogP contribution in [0, 0.1) is 6.92 Å². The number of rotatable bonds is 4. The van der Waals surface area contributed by atoms with Crippen LogP contribution in [0.4, 0.5) is 0 Å². The van der Waals surface area contributed by atoms with Gasteiger partial charge in [0.25, 0.3) is 0 Å². The van der Waals surface area contributed by atoms with Crippen LogP contribution in [0.3, 0.4) is 0 Å². The van der Waals surface area contributed by atoms with E-state index in [1.165, 1.54) is 0 Å². The molecular formula is C16H16BrClO2. The molecule has 0 aliphatic carbocycles. The van der Waals surface area contributed by atoms with Crippen LogP contribution in [0.5, 0.6) is 5.75 Å². The Morgan fingerprint density at radius 1 is 1.25 bits per heavy atom. The molecule has 20 heavy (non-hydrogen) atoms. The number of aliphatic hydroxyl groups excluding tert-OH is 1. The van der Waals surface area contributed by atoms with Crippen LogP contribution in [-0.4, -0.2) is 5.11 Å². The first-order chi connectivity index (χ1) is 9.47. The van der Waals surface area contributed by atoms with Gasteiger partial charge in [0.05, 0.1) is 6.10 Å². The summed E-state index contributed by atoms with van der Waals surface area (Å²) in [6.07, 6.45) is -0.577. The molecule has 0 saturated carbocycles. The van der Waals surface area contributed by atoms with Crippen molar-refractivity contribution >= 4 is 27.5 Å². The molecule has 2 aromatic carbocycles. The lowest BCUT2D eigenvalue weighted by molar-refractivity contribution is 0.190. The Kier molecular flexibility index (Phi) is 5.08. The fourth-order valence-electron chi connectivity index (χ4n) is 1.90. The fourth-order valence-corrected chi connectivity index (χ4v) is 2.53. The summed E-state index contributed by atoms with van der Waals surface area (Å²) in [7, 11) is 0. The van der Waals surface area contributed by atoms with E-state index in [0.717, 1.165) is 21.2 Å². The Morgan fingerprint density at radius 3 is 2.65 bits per heavy atom. The van der Waals surface area contributed by atoms with Crippen LogP contribution in [0.15, 0.2) is 40.9 Å². The predicted molar refractivity (Wildman–Crippen MR) is 85.3 cm³/mol. The summed E-state index contributed by atoms with van der Waals surface area (Å²) in [5.41, 5.74) is 2.80. The highest BCUT2D eigenvalue weighted by Crippen LogP contribution is 2.30. The Labute approximate surface area is 132 Å². The van der Waals surface area contributed by atoms with Gasteiger partial charge in [-0.3, -0.25) is 0 Å². The SMILES string of the molecule is Cc1ccc(COc2cc(Br)ccc2[C@@H](C)O)c(Cl)c1. The molecule has 1 N–H and O–H groups in total. The third-order valence-electron chi connectivity index (χ3n) is 3.02. The number of benzene rings is 2. The fraction of sp³-hybridized carbons (Fsp3) is 0.250. The number of aliphatic hydroxyl groups is 1. The van der Waals surface area contributed by atoms with E-state index < -0.39 is 6.10 Å². The summed E-state index contributed by atoms with van der Waals surface area (Å²) in [6, 6.07) is 11.5. The summed E-state index contributed by atoms with van der Waals surface area (Å²) >= 11 is 9.60. The van der Waals surface area contributed by atoms with Crippen molar-refractivity contribution in [3.63, 3.8) is 0 Å². The average Bonchev–Trinajstić information content (AvgIpc) is 2.37. The van der Waals surface area contributed by atoms with Gasteiger partial charge in [0.1, 0.15) is 12.4 Å². The van der Waals surface area contributed by atoms with Crippen molar-refractivity contribution in [1.29, 1.82) is 0 Å². The Morgan fingerprint density at radius 2 is 2.00 bits per heavy atom. The highest BCUT2D eigenvalue weighted by molar-refractivity contribution is 9.10. The third-order valence-corrected chi connectivity index (χ3v) is 3.86. The Bertz CT molecular complexity index is 611. The molecule has 4 heteroatoms. The predicted octanol–water partition coefficient (Wildman–Crippen LogP) is 5.04. The maximum Gasteiger partial charge on any atom is 0.126 e. The molecule has 0 aromatic heterocycles. The number of ether oxygens (including phenoxy) is 1. The molecule has 0 aliphatic rings. The summed E-state index contributed by atoms with van der Waals surface area (Å²) in [6.45, 7) is 4.08. The van der Waals surface area contributed by atoms with Gasteiger partial charge >= 0.3 is 0 Å². The molecule has 0 amide bonds. The molecule has 1 atom stereocenters. The minimum atomic E-state index is -0.577. The zero-order chi connectivity index (χ0) is 14.7. The summed E-state index contributed by atoms with van der Waals surface area (Å²) in [4.78, 5) is 0. The topological polar surface area (TPSA) is 29.5 Å². The van der Waals surface area contributed by atoms with Gasteiger partial charge in [0.15, 0.2) is 0 Å². The molecule has 0 bridgehead atoms. The molecule has 2 nitrogen and oxygen atoms in total. The molecule has 2 aromatic rings. The molecule has 0 saturated heterocycles. The lowest BCUT2D eigenvalue weighted by atomic mass is 10.1. The largest absolute Gasteiger partial charge is 0.488 e. The third kappa shape index (κ3) is 3.75. The van der Waals surface area contributed by atoms with Gasteiger partial charge in [-0.1, -0.05) is 45.7 Å². The van der Waals surface area contributed by atoms with Crippen LogP contribution in [-0.2, 0) is 6.61 Å². The Hall–Kier alpha value is -1.03. The molecule has 0 unspecified atom stereocenters. The molecular weight excluding hydrogens is 340 g/mol. The first-order valence-corrected chi connectivity index (χ1v) is 7.50. The van der Waals surface area contributed by atoms with E-state index in [1.54, 1.807) is 6.92 Å². The monoisotopic (exact) mass is 354 g/mol. The number of aryl methyl sites for hydroxylation is 1. The second-order valence-corrected chi connectivity index (χ2v) is 6.06. The second kappa shape index (κ2) is 6.61. The maximum atomic E-state index is 9.76. The average molecular weight is 356 g/mol. The van der Waals surface area contributed by atoms with Crippen molar-refractivity contribution in [3.05, 3.63) is 62.6 Å². The van der Waals surface area contributed by atoms with E-state index in [0.29, 0.717) is 17.4 Å². The number of halogens is 2. The molecule has 0 radical (unpaired) electrons.